The van der Waals surface area contributed by atoms with Crippen molar-refractivity contribution in [1.82, 2.24) is 0 Å². The molecule has 0 aromatic carbocycles. The summed E-state index contributed by atoms with van der Waals surface area (Å²) in [6.07, 6.45) is 1.64. The first-order chi connectivity index (χ1) is 7.56. The highest BCUT2D eigenvalue weighted by atomic mass is 16.5. The summed E-state index contributed by atoms with van der Waals surface area (Å²) in [5, 5.41) is 0. The molecule has 16 heavy (non-hydrogen) atoms. The minimum atomic E-state index is -0.379. The van der Waals surface area contributed by atoms with E-state index in [1.54, 1.807) is 0 Å². The molecule has 0 aromatic heterocycles. The zero-order valence-electron chi connectivity index (χ0n) is 10.2. The van der Waals surface area contributed by atoms with Crippen molar-refractivity contribution >= 4 is 13.8 Å². The molecule has 3 nitrogen and oxygen atoms in total. The SMILES string of the molecule is [B][C@@H]1O[C@]2(CC)C(C(=O)OCC)C[C@H]1[C@H]2C. The maximum absolute atomic E-state index is 11.9. The van der Waals surface area contributed by atoms with Crippen LogP contribution in [0.25, 0.3) is 0 Å². The lowest BCUT2D eigenvalue weighted by Crippen LogP contribution is -2.45. The van der Waals surface area contributed by atoms with Crippen molar-refractivity contribution in [2.24, 2.45) is 17.8 Å². The first-order valence-corrected chi connectivity index (χ1v) is 6.16. The van der Waals surface area contributed by atoms with Crippen molar-refractivity contribution < 1.29 is 14.3 Å². The fraction of sp³-hybridized carbons (Fsp3) is 0.917. The second kappa shape index (κ2) is 4.06. The van der Waals surface area contributed by atoms with E-state index in [1.165, 1.54) is 0 Å². The molecule has 2 bridgehead atoms. The van der Waals surface area contributed by atoms with E-state index in [4.69, 9.17) is 17.3 Å². The second-order valence-electron chi connectivity index (χ2n) is 4.88. The van der Waals surface area contributed by atoms with Gasteiger partial charge in [-0.25, -0.2) is 0 Å². The van der Waals surface area contributed by atoms with Crippen molar-refractivity contribution in [3.63, 3.8) is 0 Å². The molecule has 0 aromatic rings. The van der Waals surface area contributed by atoms with Crippen LogP contribution in [0.5, 0.6) is 0 Å². The Morgan fingerprint density at radius 1 is 1.56 bits per heavy atom. The Bertz CT molecular complexity index is 294. The van der Waals surface area contributed by atoms with E-state index in [0.717, 1.165) is 12.8 Å². The quantitative estimate of drug-likeness (QED) is 0.536. The van der Waals surface area contributed by atoms with Crippen molar-refractivity contribution in [2.75, 3.05) is 6.61 Å². The van der Waals surface area contributed by atoms with Crippen molar-refractivity contribution in [1.29, 1.82) is 0 Å². The highest BCUT2D eigenvalue weighted by Gasteiger charge is 2.63. The summed E-state index contributed by atoms with van der Waals surface area (Å²) in [6, 6.07) is -0.208. The van der Waals surface area contributed by atoms with Gasteiger partial charge in [-0.3, -0.25) is 4.79 Å². The highest BCUT2D eigenvalue weighted by molar-refractivity contribution is 6.11. The van der Waals surface area contributed by atoms with Crippen molar-refractivity contribution in [3.05, 3.63) is 0 Å². The van der Waals surface area contributed by atoms with Crippen LogP contribution in [-0.4, -0.2) is 32.0 Å². The minimum Gasteiger partial charge on any atom is -0.466 e. The van der Waals surface area contributed by atoms with Gasteiger partial charge in [0.15, 0.2) is 0 Å². The van der Waals surface area contributed by atoms with Gasteiger partial charge in [-0.1, -0.05) is 13.8 Å². The Labute approximate surface area is 98.3 Å². The number of rotatable bonds is 3. The van der Waals surface area contributed by atoms with Gasteiger partial charge >= 0.3 is 5.97 Å². The van der Waals surface area contributed by atoms with E-state index >= 15 is 0 Å². The summed E-state index contributed by atoms with van der Waals surface area (Å²) in [5.41, 5.74) is -0.379. The third-order valence-corrected chi connectivity index (χ3v) is 4.41. The van der Waals surface area contributed by atoms with Crippen LogP contribution in [-0.2, 0) is 14.3 Å². The standard InChI is InChI=1S/C12H19BO3/c1-4-12-7(3)8(10(13)16-12)6-9(12)11(14)15-5-2/h7-10H,4-6H2,1-3H3/t7-,8+,9?,10-,12+/m1/s1. The van der Waals surface area contributed by atoms with Gasteiger partial charge in [0, 0.05) is 6.00 Å². The summed E-state index contributed by atoms with van der Waals surface area (Å²) < 4.78 is 11.0. The normalized spacial score (nSPS) is 45.9. The summed E-state index contributed by atoms with van der Waals surface area (Å²) in [6.45, 7) is 6.46. The van der Waals surface area contributed by atoms with E-state index in [9.17, 15) is 4.79 Å². The summed E-state index contributed by atoms with van der Waals surface area (Å²) in [7, 11) is 5.93. The third kappa shape index (κ3) is 1.42. The fourth-order valence-corrected chi connectivity index (χ4v) is 3.49. The molecule has 0 spiro atoms. The van der Waals surface area contributed by atoms with Crippen LogP contribution in [0.3, 0.4) is 0 Å². The van der Waals surface area contributed by atoms with Crippen LogP contribution in [0.2, 0.25) is 0 Å². The first kappa shape index (κ1) is 12.0. The van der Waals surface area contributed by atoms with Gasteiger partial charge < -0.3 is 9.47 Å². The highest BCUT2D eigenvalue weighted by Crippen LogP contribution is 2.56. The predicted octanol–water partition coefficient (Wildman–Crippen LogP) is 1.50. The van der Waals surface area contributed by atoms with Gasteiger partial charge in [0.2, 0.25) is 0 Å². The molecule has 1 saturated heterocycles. The number of carbonyl (C=O) groups is 1. The fourth-order valence-electron chi connectivity index (χ4n) is 3.49. The molecule has 0 amide bonds. The Morgan fingerprint density at radius 2 is 2.25 bits per heavy atom. The monoisotopic (exact) mass is 222 g/mol. The summed E-state index contributed by atoms with van der Waals surface area (Å²) in [4.78, 5) is 11.9. The molecule has 4 heteroatoms. The molecule has 2 fully saturated rings. The van der Waals surface area contributed by atoms with Crippen LogP contribution in [0.1, 0.15) is 33.6 Å². The molecule has 1 unspecified atom stereocenters. The largest absolute Gasteiger partial charge is 0.466 e. The van der Waals surface area contributed by atoms with E-state index in [0.29, 0.717) is 18.4 Å². The van der Waals surface area contributed by atoms with Gasteiger partial charge in [0.05, 0.1) is 18.1 Å². The maximum Gasteiger partial charge on any atom is 0.311 e. The molecule has 0 N–H and O–H groups in total. The third-order valence-electron chi connectivity index (χ3n) is 4.41. The van der Waals surface area contributed by atoms with Crippen LogP contribution >= 0.6 is 0 Å². The summed E-state index contributed by atoms with van der Waals surface area (Å²) >= 11 is 0. The molecule has 1 aliphatic carbocycles. The zero-order chi connectivity index (χ0) is 11.9. The van der Waals surface area contributed by atoms with Gasteiger partial charge in [-0.2, -0.15) is 0 Å². The second-order valence-corrected chi connectivity index (χ2v) is 4.88. The van der Waals surface area contributed by atoms with E-state index < -0.39 is 0 Å². The van der Waals surface area contributed by atoms with E-state index in [2.05, 4.69) is 13.8 Å². The first-order valence-electron chi connectivity index (χ1n) is 6.16. The predicted molar refractivity (Wildman–Crippen MR) is 61.0 cm³/mol. The lowest BCUT2D eigenvalue weighted by atomic mass is 9.81. The number of fused-ring (bicyclic) bond motifs is 2. The average Bonchev–Trinajstić information content (AvgIpc) is 2.67. The lowest BCUT2D eigenvalue weighted by molar-refractivity contribution is -0.165. The van der Waals surface area contributed by atoms with E-state index in [1.807, 2.05) is 6.92 Å². The number of esters is 1. The number of hydrogen-bond donors (Lipinski definition) is 0. The van der Waals surface area contributed by atoms with Gasteiger partial charge in [0.25, 0.3) is 0 Å². The molecule has 2 radical (unpaired) electrons. The Kier molecular flexibility index (Phi) is 3.04. The van der Waals surface area contributed by atoms with E-state index in [-0.39, 0.29) is 23.5 Å². The average molecular weight is 222 g/mol. The van der Waals surface area contributed by atoms with Gasteiger partial charge in [-0.15, -0.1) is 0 Å². The molecule has 2 rings (SSSR count). The smallest absolute Gasteiger partial charge is 0.311 e. The summed E-state index contributed by atoms with van der Waals surface area (Å²) in [5.74, 6) is 0.402. The Balaban J connectivity index is 2.22. The molecule has 1 heterocycles. The molecule has 1 aliphatic heterocycles. The van der Waals surface area contributed by atoms with Crippen LogP contribution < -0.4 is 0 Å². The van der Waals surface area contributed by atoms with Crippen LogP contribution in [0.15, 0.2) is 0 Å². The number of ether oxygens (including phenoxy) is 2. The van der Waals surface area contributed by atoms with Crippen LogP contribution in [0.4, 0.5) is 0 Å². The topological polar surface area (TPSA) is 35.5 Å². The molecule has 88 valence electrons. The lowest BCUT2D eigenvalue weighted by Gasteiger charge is -2.36. The van der Waals surface area contributed by atoms with Crippen molar-refractivity contribution in [2.45, 2.75) is 45.2 Å². The zero-order valence-corrected chi connectivity index (χ0v) is 10.2. The Morgan fingerprint density at radius 3 is 2.75 bits per heavy atom. The number of hydrogen-bond acceptors (Lipinski definition) is 3. The minimum absolute atomic E-state index is 0.120. The van der Waals surface area contributed by atoms with Crippen LogP contribution in [0, 0.1) is 17.8 Å². The molecule has 5 atom stereocenters. The maximum atomic E-state index is 11.9. The van der Waals surface area contributed by atoms with Crippen molar-refractivity contribution in [3.8, 4) is 0 Å². The Hall–Kier alpha value is -0.505. The molecular formula is C12H19BO3. The molecule has 2 aliphatic rings. The molecule has 1 saturated carbocycles. The molecular weight excluding hydrogens is 203 g/mol. The number of carbonyl (C=O) groups excluding carboxylic acids is 1. The van der Waals surface area contributed by atoms with Gasteiger partial charge in [0.1, 0.15) is 7.85 Å². The van der Waals surface area contributed by atoms with Gasteiger partial charge in [-0.05, 0) is 31.6 Å².